The average Bonchev–Trinajstić information content (AvgIpc) is 3.02. The van der Waals surface area contributed by atoms with E-state index in [1.54, 1.807) is 0 Å². The monoisotopic (exact) mass is 635 g/mol. The van der Waals surface area contributed by atoms with E-state index in [1.165, 1.54) is 90.9 Å². The molecule has 6 heteroatoms. The largest absolute Gasteiger partial charge is 0.426 e. The second-order valence-electron chi connectivity index (χ2n) is 13.4. The summed E-state index contributed by atoms with van der Waals surface area (Å²) in [5.41, 5.74) is 3.31. The van der Waals surface area contributed by atoms with Crippen molar-refractivity contribution >= 4 is 17.8 Å². The molecule has 0 fully saturated rings. The highest BCUT2D eigenvalue weighted by atomic mass is 16.5. The summed E-state index contributed by atoms with van der Waals surface area (Å²) in [4.78, 5) is 37.4. The summed E-state index contributed by atoms with van der Waals surface area (Å²) < 4.78 is 11.4. The van der Waals surface area contributed by atoms with E-state index in [2.05, 4.69) is 19.2 Å². The molecule has 0 saturated carbocycles. The van der Waals surface area contributed by atoms with Crippen LogP contribution in [0.1, 0.15) is 163 Å². The van der Waals surface area contributed by atoms with Crippen LogP contribution in [0.15, 0.2) is 30.3 Å². The van der Waals surface area contributed by atoms with E-state index >= 15 is 0 Å². The molecule has 1 atom stereocenters. The number of ether oxygens (including phenoxy) is 2. The van der Waals surface area contributed by atoms with E-state index in [1.807, 2.05) is 51.1 Å². The standard InChI is InChI=1S/C40H61NO5/c1-8-9-10-11-12-13-14-15-16-17-18-19-20-24-28-40(7,41-39(44)35-25-22-21-23-26-35)29-27-36-32(4)37(45-33(5)42)30(2)31(3)38(36)46-34(6)43/h21-23,25-26H,8-20,24,27-29H2,1-7H3,(H,41,44). The van der Waals surface area contributed by atoms with Crippen LogP contribution in [-0.2, 0) is 16.0 Å². The first-order valence-electron chi connectivity index (χ1n) is 17.9. The van der Waals surface area contributed by atoms with Crippen molar-refractivity contribution in [3.63, 3.8) is 0 Å². The van der Waals surface area contributed by atoms with Crippen LogP contribution in [0.4, 0.5) is 0 Å². The van der Waals surface area contributed by atoms with Crippen LogP contribution in [-0.4, -0.2) is 23.4 Å². The Morgan fingerprint density at radius 3 is 1.59 bits per heavy atom. The number of hydrogen-bond donors (Lipinski definition) is 1. The zero-order valence-electron chi connectivity index (χ0n) is 29.9. The van der Waals surface area contributed by atoms with Gasteiger partial charge in [0.2, 0.25) is 0 Å². The Balaban J connectivity index is 2.05. The van der Waals surface area contributed by atoms with Gasteiger partial charge in [-0.2, -0.15) is 0 Å². The smallest absolute Gasteiger partial charge is 0.308 e. The highest BCUT2D eigenvalue weighted by Crippen LogP contribution is 2.40. The number of unbranched alkanes of at least 4 members (excludes halogenated alkanes) is 13. The van der Waals surface area contributed by atoms with Crippen LogP contribution in [0.25, 0.3) is 0 Å². The molecule has 1 N–H and O–H groups in total. The van der Waals surface area contributed by atoms with E-state index in [0.717, 1.165) is 41.5 Å². The van der Waals surface area contributed by atoms with E-state index in [0.29, 0.717) is 29.9 Å². The van der Waals surface area contributed by atoms with Crippen LogP contribution in [0.5, 0.6) is 11.5 Å². The fraction of sp³-hybridized carbons (Fsp3) is 0.625. The van der Waals surface area contributed by atoms with Crippen molar-refractivity contribution in [1.82, 2.24) is 5.32 Å². The summed E-state index contributed by atoms with van der Waals surface area (Å²) in [5, 5.41) is 3.35. The Hall–Kier alpha value is -3.15. The van der Waals surface area contributed by atoms with Crippen molar-refractivity contribution in [3.05, 3.63) is 58.1 Å². The molecular weight excluding hydrogens is 574 g/mol. The second-order valence-corrected chi connectivity index (χ2v) is 13.4. The summed E-state index contributed by atoms with van der Waals surface area (Å²) in [6, 6.07) is 9.32. The van der Waals surface area contributed by atoms with Crippen molar-refractivity contribution in [2.75, 3.05) is 0 Å². The van der Waals surface area contributed by atoms with Gasteiger partial charge < -0.3 is 14.8 Å². The highest BCUT2D eigenvalue weighted by molar-refractivity contribution is 5.94. The lowest BCUT2D eigenvalue weighted by Gasteiger charge is -2.32. The van der Waals surface area contributed by atoms with Crippen molar-refractivity contribution < 1.29 is 23.9 Å². The first kappa shape index (κ1) is 39.0. The number of hydrogen-bond acceptors (Lipinski definition) is 5. The fourth-order valence-electron chi connectivity index (χ4n) is 6.33. The van der Waals surface area contributed by atoms with Gasteiger partial charge in [-0.1, -0.05) is 115 Å². The number of esters is 2. The van der Waals surface area contributed by atoms with Gasteiger partial charge in [-0.05, 0) is 75.8 Å². The Morgan fingerprint density at radius 2 is 1.09 bits per heavy atom. The SMILES string of the molecule is CCCCCCCCCCCCCCCCC(C)(CCc1c(C)c(OC(C)=O)c(C)c(C)c1OC(C)=O)NC(=O)c1ccccc1. The topological polar surface area (TPSA) is 81.7 Å². The number of carbonyl (C=O) groups excluding carboxylic acids is 3. The van der Waals surface area contributed by atoms with Crippen molar-refractivity contribution in [1.29, 1.82) is 0 Å². The third-order valence-electron chi connectivity index (χ3n) is 9.26. The van der Waals surface area contributed by atoms with Gasteiger partial charge in [0.1, 0.15) is 11.5 Å². The minimum absolute atomic E-state index is 0.0916. The lowest BCUT2D eigenvalue weighted by atomic mass is 9.85. The third kappa shape index (κ3) is 13.7. The average molecular weight is 636 g/mol. The molecule has 256 valence electrons. The molecule has 0 aliphatic rings. The summed E-state index contributed by atoms with van der Waals surface area (Å²) in [5.74, 6) is 0.149. The van der Waals surface area contributed by atoms with Gasteiger partial charge in [-0.3, -0.25) is 14.4 Å². The number of rotatable bonds is 22. The minimum atomic E-state index is -0.482. The fourth-order valence-corrected chi connectivity index (χ4v) is 6.33. The number of amides is 1. The summed E-state index contributed by atoms with van der Waals surface area (Å²) in [6.07, 6.45) is 20.2. The minimum Gasteiger partial charge on any atom is -0.426 e. The first-order chi connectivity index (χ1) is 22.0. The van der Waals surface area contributed by atoms with Crippen LogP contribution in [0, 0.1) is 20.8 Å². The molecule has 46 heavy (non-hydrogen) atoms. The molecule has 0 spiro atoms. The maximum absolute atomic E-state index is 13.3. The molecule has 2 rings (SSSR count). The molecule has 2 aromatic carbocycles. The molecule has 0 heterocycles. The number of nitrogens with one attached hydrogen (secondary N) is 1. The Kier molecular flexibility index (Phi) is 17.7. The predicted octanol–water partition coefficient (Wildman–Crippen LogP) is 10.5. The Bertz CT molecular complexity index is 1240. The van der Waals surface area contributed by atoms with Crippen molar-refractivity contribution in [3.8, 4) is 11.5 Å². The van der Waals surface area contributed by atoms with E-state index in [4.69, 9.17) is 9.47 Å². The zero-order valence-corrected chi connectivity index (χ0v) is 29.9. The molecule has 1 unspecified atom stereocenters. The van der Waals surface area contributed by atoms with Gasteiger partial charge >= 0.3 is 11.9 Å². The van der Waals surface area contributed by atoms with E-state index < -0.39 is 17.5 Å². The summed E-state index contributed by atoms with van der Waals surface area (Å²) in [7, 11) is 0. The maximum atomic E-state index is 13.3. The first-order valence-corrected chi connectivity index (χ1v) is 17.9. The molecule has 6 nitrogen and oxygen atoms in total. The normalized spacial score (nSPS) is 12.4. The molecule has 0 saturated heterocycles. The second kappa shape index (κ2) is 20.9. The van der Waals surface area contributed by atoms with E-state index in [-0.39, 0.29) is 5.91 Å². The van der Waals surface area contributed by atoms with Gasteiger partial charge in [0.15, 0.2) is 0 Å². The van der Waals surface area contributed by atoms with Gasteiger partial charge in [0.05, 0.1) is 0 Å². The lowest BCUT2D eigenvalue weighted by Crippen LogP contribution is -2.46. The van der Waals surface area contributed by atoms with Crippen LogP contribution < -0.4 is 14.8 Å². The quantitative estimate of drug-likeness (QED) is 0.0791. The molecule has 1 amide bonds. The summed E-state index contributed by atoms with van der Waals surface area (Å²) >= 11 is 0. The Labute approximate surface area is 279 Å². The molecule has 2 aromatic rings. The molecule has 0 radical (unpaired) electrons. The summed E-state index contributed by atoms with van der Waals surface area (Å²) in [6.45, 7) is 12.8. The number of benzene rings is 2. The third-order valence-corrected chi connectivity index (χ3v) is 9.26. The van der Waals surface area contributed by atoms with Gasteiger partial charge in [-0.25, -0.2) is 0 Å². The van der Waals surface area contributed by atoms with Crippen LogP contribution in [0.2, 0.25) is 0 Å². The van der Waals surface area contributed by atoms with Gasteiger partial charge in [0, 0.05) is 30.5 Å². The van der Waals surface area contributed by atoms with Crippen molar-refractivity contribution in [2.45, 2.75) is 163 Å². The maximum Gasteiger partial charge on any atom is 0.308 e. The van der Waals surface area contributed by atoms with Crippen LogP contribution >= 0.6 is 0 Å². The molecule has 0 aliphatic heterocycles. The Morgan fingerprint density at radius 1 is 0.630 bits per heavy atom. The van der Waals surface area contributed by atoms with Gasteiger partial charge in [-0.15, -0.1) is 0 Å². The molecule has 0 aliphatic carbocycles. The highest BCUT2D eigenvalue weighted by Gasteiger charge is 2.29. The zero-order chi connectivity index (χ0) is 34.0. The van der Waals surface area contributed by atoms with Crippen LogP contribution in [0.3, 0.4) is 0 Å². The van der Waals surface area contributed by atoms with Crippen molar-refractivity contribution in [2.24, 2.45) is 0 Å². The molecular formula is C40H61NO5. The number of carbonyl (C=O) groups is 3. The lowest BCUT2D eigenvalue weighted by molar-refractivity contribution is -0.133. The molecule has 0 aromatic heterocycles. The van der Waals surface area contributed by atoms with Gasteiger partial charge in [0.25, 0.3) is 5.91 Å². The molecule has 0 bridgehead atoms. The predicted molar refractivity (Wildman–Crippen MR) is 189 cm³/mol. The van der Waals surface area contributed by atoms with E-state index in [9.17, 15) is 14.4 Å².